The number of benzene rings is 1. The molecule has 2 amide bonds. The Kier molecular flexibility index (Phi) is 6.87. The van der Waals surface area contributed by atoms with Gasteiger partial charge in [0.05, 0.1) is 6.54 Å². The van der Waals surface area contributed by atoms with Crippen molar-refractivity contribution in [1.82, 2.24) is 10.2 Å². The van der Waals surface area contributed by atoms with Gasteiger partial charge in [-0.1, -0.05) is 22.0 Å². The minimum atomic E-state index is -0.890. The summed E-state index contributed by atoms with van der Waals surface area (Å²) < 4.78 is 0.785. The molecule has 0 fully saturated rings. The third-order valence-electron chi connectivity index (χ3n) is 2.80. The van der Waals surface area contributed by atoms with E-state index in [9.17, 15) is 14.4 Å². The normalized spacial score (nSPS) is 10.0. The van der Waals surface area contributed by atoms with Crippen molar-refractivity contribution in [1.29, 1.82) is 0 Å². The van der Waals surface area contributed by atoms with E-state index in [0.717, 1.165) is 4.47 Å². The van der Waals surface area contributed by atoms with Crippen LogP contribution in [0, 0.1) is 0 Å². The Labute approximate surface area is 131 Å². The van der Waals surface area contributed by atoms with Crippen LogP contribution in [0.1, 0.15) is 23.2 Å². The van der Waals surface area contributed by atoms with E-state index >= 15 is 0 Å². The average Bonchev–Trinajstić information content (AvgIpc) is 2.43. The van der Waals surface area contributed by atoms with Crippen LogP contribution < -0.4 is 5.32 Å². The number of nitrogens with one attached hydrogen (secondary N) is 1. The summed E-state index contributed by atoms with van der Waals surface area (Å²) >= 11 is 3.27. The van der Waals surface area contributed by atoms with Gasteiger partial charge in [-0.15, -0.1) is 0 Å². The molecule has 0 atom stereocenters. The van der Waals surface area contributed by atoms with Crippen molar-refractivity contribution in [2.45, 2.75) is 12.8 Å². The molecule has 114 valence electrons. The molecule has 1 aromatic rings. The summed E-state index contributed by atoms with van der Waals surface area (Å²) in [6.45, 7) is 0.229. The summed E-state index contributed by atoms with van der Waals surface area (Å²) in [6, 6.07) is 6.86. The average molecular weight is 357 g/mol. The van der Waals surface area contributed by atoms with Crippen molar-refractivity contribution in [2.75, 3.05) is 20.1 Å². The molecule has 0 radical (unpaired) electrons. The van der Waals surface area contributed by atoms with E-state index < -0.39 is 5.97 Å². The van der Waals surface area contributed by atoms with E-state index in [2.05, 4.69) is 21.2 Å². The van der Waals surface area contributed by atoms with Gasteiger partial charge in [-0.05, 0) is 24.6 Å². The molecular weight excluding hydrogens is 340 g/mol. The summed E-state index contributed by atoms with van der Waals surface area (Å²) in [4.78, 5) is 35.4. The van der Waals surface area contributed by atoms with Crippen molar-refractivity contribution in [3.63, 3.8) is 0 Å². The molecule has 0 spiro atoms. The van der Waals surface area contributed by atoms with Gasteiger partial charge < -0.3 is 15.3 Å². The molecule has 0 unspecified atom stereocenters. The van der Waals surface area contributed by atoms with E-state index in [1.807, 2.05) is 0 Å². The van der Waals surface area contributed by atoms with Crippen molar-refractivity contribution in [3.8, 4) is 0 Å². The predicted octanol–water partition coefficient (Wildman–Crippen LogP) is 1.50. The number of aliphatic carboxylic acids is 1. The zero-order valence-corrected chi connectivity index (χ0v) is 13.2. The Balaban J connectivity index is 2.38. The second kappa shape index (κ2) is 8.41. The molecule has 1 aromatic carbocycles. The molecule has 6 nitrogen and oxygen atoms in total. The lowest BCUT2D eigenvalue weighted by molar-refractivity contribution is -0.137. The summed E-state index contributed by atoms with van der Waals surface area (Å²) in [5.41, 5.74) is 0.464. The molecule has 0 aromatic heterocycles. The number of likely N-dealkylation sites (N-methyl/N-ethyl adjacent to an activating group) is 1. The zero-order chi connectivity index (χ0) is 15.8. The number of amides is 2. The van der Waals surface area contributed by atoms with Crippen LogP contribution in [-0.4, -0.2) is 47.9 Å². The summed E-state index contributed by atoms with van der Waals surface area (Å²) in [6.07, 6.45) is 0.402. The molecule has 21 heavy (non-hydrogen) atoms. The Morgan fingerprint density at radius 3 is 2.67 bits per heavy atom. The van der Waals surface area contributed by atoms with Crippen molar-refractivity contribution in [3.05, 3.63) is 34.3 Å². The van der Waals surface area contributed by atoms with E-state index in [4.69, 9.17) is 5.11 Å². The van der Waals surface area contributed by atoms with Crippen molar-refractivity contribution in [2.24, 2.45) is 0 Å². The molecule has 0 heterocycles. The van der Waals surface area contributed by atoms with Crippen LogP contribution in [0.5, 0.6) is 0 Å². The predicted molar refractivity (Wildman–Crippen MR) is 81.0 cm³/mol. The fourth-order valence-electron chi connectivity index (χ4n) is 1.61. The quantitative estimate of drug-likeness (QED) is 0.774. The molecule has 0 aliphatic carbocycles. The molecule has 0 saturated heterocycles. The van der Waals surface area contributed by atoms with Crippen LogP contribution in [0.4, 0.5) is 0 Å². The smallest absolute Gasteiger partial charge is 0.303 e. The topological polar surface area (TPSA) is 86.7 Å². The fraction of sp³-hybridized carbons (Fsp3) is 0.357. The maximum absolute atomic E-state index is 11.8. The van der Waals surface area contributed by atoms with E-state index in [-0.39, 0.29) is 24.8 Å². The number of carboxylic acids is 1. The van der Waals surface area contributed by atoms with E-state index in [1.54, 1.807) is 31.3 Å². The lowest BCUT2D eigenvalue weighted by atomic mass is 10.2. The van der Waals surface area contributed by atoms with E-state index in [1.165, 1.54) is 4.90 Å². The first-order valence-electron chi connectivity index (χ1n) is 6.39. The highest BCUT2D eigenvalue weighted by atomic mass is 79.9. The highest BCUT2D eigenvalue weighted by Gasteiger charge is 2.12. The van der Waals surface area contributed by atoms with Crippen molar-refractivity contribution >= 4 is 33.7 Å². The third-order valence-corrected chi connectivity index (χ3v) is 3.29. The first-order chi connectivity index (χ1) is 9.90. The Morgan fingerprint density at radius 2 is 2.05 bits per heavy atom. The molecule has 1 rings (SSSR count). The first kappa shape index (κ1) is 17.2. The molecule has 0 aliphatic rings. The van der Waals surface area contributed by atoms with E-state index in [0.29, 0.717) is 18.5 Å². The van der Waals surface area contributed by atoms with Gasteiger partial charge in [0.25, 0.3) is 5.91 Å². The molecule has 0 bridgehead atoms. The van der Waals surface area contributed by atoms with Crippen LogP contribution in [0.3, 0.4) is 0 Å². The summed E-state index contributed by atoms with van der Waals surface area (Å²) in [5, 5.41) is 11.1. The van der Waals surface area contributed by atoms with Gasteiger partial charge in [-0.2, -0.15) is 0 Å². The standard InChI is InChI=1S/C14H17BrN2O4/c1-17(7-3-6-13(19)20)12(18)9-16-14(21)10-4-2-5-11(15)8-10/h2,4-5,8H,3,6-7,9H2,1H3,(H,16,21)(H,19,20). The second-order valence-corrected chi connectivity index (χ2v) is 5.42. The number of nitrogens with zero attached hydrogens (tertiary/aromatic N) is 1. The van der Waals surface area contributed by atoms with Gasteiger partial charge in [0.15, 0.2) is 0 Å². The summed E-state index contributed by atoms with van der Waals surface area (Å²) in [5.74, 6) is -1.48. The number of hydrogen-bond donors (Lipinski definition) is 2. The molecular formula is C14H17BrN2O4. The largest absolute Gasteiger partial charge is 0.481 e. The zero-order valence-electron chi connectivity index (χ0n) is 11.6. The van der Waals surface area contributed by atoms with Gasteiger partial charge in [-0.3, -0.25) is 14.4 Å². The molecule has 0 aliphatic heterocycles. The summed E-state index contributed by atoms with van der Waals surface area (Å²) in [7, 11) is 1.58. The molecule has 0 saturated carbocycles. The SMILES string of the molecule is CN(CCCC(=O)O)C(=O)CNC(=O)c1cccc(Br)c1. The highest BCUT2D eigenvalue weighted by Crippen LogP contribution is 2.11. The number of carboxylic acid groups (broad SMARTS) is 1. The first-order valence-corrected chi connectivity index (χ1v) is 7.19. The van der Waals surface area contributed by atoms with Crippen molar-refractivity contribution < 1.29 is 19.5 Å². The number of rotatable bonds is 7. The minimum Gasteiger partial charge on any atom is -0.481 e. The van der Waals surface area contributed by atoms with Crippen LogP contribution in [0.2, 0.25) is 0 Å². The Bertz CT molecular complexity index is 533. The van der Waals surface area contributed by atoms with Crippen LogP contribution >= 0.6 is 15.9 Å². The van der Waals surface area contributed by atoms with Crippen LogP contribution in [0.25, 0.3) is 0 Å². The Hall–Kier alpha value is -1.89. The monoisotopic (exact) mass is 356 g/mol. The Morgan fingerprint density at radius 1 is 1.33 bits per heavy atom. The minimum absolute atomic E-state index is 0.0159. The molecule has 2 N–H and O–H groups in total. The lowest BCUT2D eigenvalue weighted by Crippen LogP contribution is -2.38. The van der Waals surface area contributed by atoms with Gasteiger partial charge >= 0.3 is 5.97 Å². The van der Waals surface area contributed by atoms with Gasteiger partial charge in [0.2, 0.25) is 5.91 Å². The number of carbonyl (C=O) groups excluding carboxylic acids is 2. The van der Waals surface area contributed by atoms with Crippen LogP contribution in [0.15, 0.2) is 28.7 Å². The second-order valence-electron chi connectivity index (χ2n) is 4.51. The van der Waals surface area contributed by atoms with Gasteiger partial charge in [0.1, 0.15) is 0 Å². The number of halogens is 1. The lowest BCUT2D eigenvalue weighted by Gasteiger charge is -2.17. The maximum Gasteiger partial charge on any atom is 0.303 e. The van der Waals surface area contributed by atoms with Gasteiger partial charge in [0, 0.05) is 30.0 Å². The highest BCUT2D eigenvalue weighted by molar-refractivity contribution is 9.10. The number of hydrogen-bond acceptors (Lipinski definition) is 3. The fourth-order valence-corrected chi connectivity index (χ4v) is 2.01. The molecule has 7 heteroatoms. The van der Waals surface area contributed by atoms with Crippen LogP contribution in [-0.2, 0) is 9.59 Å². The number of carbonyl (C=O) groups is 3. The maximum atomic E-state index is 11.8. The third kappa shape index (κ3) is 6.40. The van der Waals surface area contributed by atoms with Gasteiger partial charge in [-0.25, -0.2) is 0 Å².